The minimum atomic E-state index is -1.05. The molecule has 1 amide bonds. The van der Waals surface area contributed by atoms with E-state index in [1.807, 2.05) is 19.1 Å². The van der Waals surface area contributed by atoms with Gasteiger partial charge in [-0.25, -0.2) is 0 Å². The predicted molar refractivity (Wildman–Crippen MR) is 91.1 cm³/mol. The van der Waals surface area contributed by atoms with Crippen LogP contribution in [-0.4, -0.2) is 48.7 Å². The van der Waals surface area contributed by atoms with Gasteiger partial charge in [-0.15, -0.1) is 0 Å². The number of ether oxygens (including phenoxy) is 1. The number of furan rings is 1. The Labute approximate surface area is 147 Å². The summed E-state index contributed by atoms with van der Waals surface area (Å²) in [6, 6.07) is 5.56. The van der Waals surface area contributed by atoms with E-state index in [0.29, 0.717) is 18.5 Å². The molecule has 24 heavy (non-hydrogen) atoms. The van der Waals surface area contributed by atoms with E-state index in [2.05, 4.69) is 15.9 Å². The van der Waals surface area contributed by atoms with Crippen LogP contribution >= 0.6 is 15.9 Å². The second-order valence-corrected chi connectivity index (χ2v) is 7.13. The second-order valence-electron chi connectivity index (χ2n) is 6.27. The van der Waals surface area contributed by atoms with Crippen LogP contribution in [0.25, 0.3) is 11.0 Å². The molecule has 6 nitrogen and oxygen atoms in total. The zero-order valence-electron chi connectivity index (χ0n) is 13.5. The molecule has 1 saturated heterocycles. The van der Waals surface area contributed by atoms with Crippen molar-refractivity contribution in [1.82, 2.24) is 4.90 Å². The fraction of sp³-hybridized carbons (Fsp3) is 0.412. The van der Waals surface area contributed by atoms with E-state index >= 15 is 0 Å². The number of benzene rings is 1. The van der Waals surface area contributed by atoms with Gasteiger partial charge in [0.25, 0.3) is 5.91 Å². The van der Waals surface area contributed by atoms with Crippen LogP contribution in [-0.2, 0) is 9.53 Å². The number of rotatable bonds is 4. The minimum Gasteiger partial charge on any atom is -0.481 e. The standard InChI is InChI=1S/C17H18BrNO5/c1-10-5-11-7-13(24-14(11)12(18)6-10)15(20)19-4-3-17(8-19,9-23-2)16(21)22/h5-7H,3-4,8-9H2,1-2H3,(H,21,22). The third kappa shape index (κ3) is 2.82. The van der Waals surface area contributed by atoms with Crippen LogP contribution in [0.15, 0.2) is 27.1 Å². The number of carbonyl (C=O) groups is 2. The van der Waals surface area contributed by atoms with Crippen molar-refractivity contribution in [2.24, 2.45) is 5.41 Å². The van der Waals surface area contributed by atoms with Crippen LogP contribution in [0.1, 0.15) is 22.5 Å². The normalized spacial score (nSPS) is 20.7. The number of halogens is 1. The van der Waals surface area contributed by atoms with Gasteiger partial charge in [-0.05, 0) is 53.0 Å². The molecule has 1 atom stereocenters. The maximum Gasteiger partial charge on any atom is 0.313 e. The van der Waals surface area contributed by atoms with E-state index in [4.69, 9.17) is 9.15 Å². The van der Waals surface area contributed by atoms with Gasteiger partial charge in [0.15, 0.2) is 5.76 Å². The number of aryl methyl sites for hydroxylation is 1. The summed E-state index contributed by atoms with van der Waals surface area (Å²) in [4.78, 5) is 25.8. The molecule has 1 aromatic carbocycles. The molecule has 2 heterocycles. The summed E-state index contributed by atoms with van der Waals surface area (Å²) in [5, 5.41) is 10.3. The molecule has 2 aromatic rings. The first-order valence-electron chi connectivity index (χ1n) is 7.57. The summed E-state index contributed by atoms with van der Waals surface area (Å²) >= 11 is 3.44. The number of aliphatic carboxylic acids is 1. The maximum absolute atomic E-state index is 12.7. The zero-order valence-corrected chi connectivity index (χ0v) is 15.1. The smallest absolute Gasteiger partial charge is 0.313 e. The molecule has 1 fully saturated rings. The highest BCUT2D eigenvalue weighted by molar-refractivity contribution is 9.10. The van der Waals surface area contributed by atoms with Gasteiger partial charge in [-0.2, -0.15) is 0 Å². The van der Waals surface area contributed by atoms with Crippen molar-refractivity contribution in [2.75, 3.05) is 26.8 Å². The van der Waals surface area contributed by atoms with Crippen LogP contribution in [0.4, 0.5) is 0 Å². The molecule has 0 bridgehead atoms. The Morgan fingerprint density at radius 2 is 2.17 bits per heavy atom. The first-order chi connectivity index (χ1) is 11.4. The predicted octanol–water partition coefficient (Wildman–Crippen LogP) is 3.07. The topological polar surface area (TPSA) is 80.0 Å². The molecule has 0 aliphatic carbocycles. The monoisotopic (exact) mass is 395 g/mol. The second kappa shape index (κ2) is 6.22. The van der Waals surface area contributed by atoms with Crippen molar-refractivity contribution in [1.29, 1.82) is 0 Å². The van der Waals surface area contributed by atoms with Crippen LogP contribution in [0.5, 0.6) is 0 Å². The van der Waals surface area contributed by atoms with Gasteiger partial charge >= 0.3 is 5.97 Å². The first-order valence-corrected chi connectivity index (χ1v) is 8.37. The van der Waals surface area contributed by atoms with Gasteiger partial charge in [0.1, 0.15) is 11.0 Å². The van der Waals surface area contributed by atoms with Crippen molar-refractivity contribution in [3.63, 3.8) is 0 Å². The quantitative estimate of drug-likeness (QED) is 0.860. The van der Waals surface area contributed by atoms with E-state index in [1.165, 1.54) is 12.0 Å². The molecule has 128 valence electrons. The molecular formula is C17H18BrNO5. The van der Waals surface area contributed by atoms with E-state index < -0.39 is 11.4 Å². The van der Waals surface area contributed by atoms with E-state index in [0.717, 1.165) is 15.4 Å². The van der Waals surface area contributed by atoms with Crippen molar-refractivity contribution in [3.8, 4) is 0 Å². The third-order valence-corrected chi connectivity index (χ3v) is 5.03. The minimum absolute atomic E-state index is 0.0803. The molecule has 1 aliphatic rings. The number of methoxy groups -OCH3 is 1. The highest BCUT2D eigenvalue weighted by Crippen LogP contribution is 2.34. The van der Waals surface area contributed by atoms with Crippen LogP contribution in [0.2, 0.25) is 0 Å². The third-order valence-electron chi connectivity index (χ3n) is 4.44. The Balaban J connectivity index is 1.88. The number of hydrogen-bond donors (Lipinski definition) is 1. The van der Waals surface area contributed by atoms with E-state index in [-0.39, 0.29) is 24.8 Å². The number of likely N-dealkylation sites (tertiary alicyclic amines) is 1. The fourth-order valence-electron chi connectivity index (χ4n) is 3.19. The highest BCUT2D eigenvalue weighted by Gasteiger charge is 2.47. The summed E-state index contributed by atoms with van der Waals surface area (Å²) in [6.45, 7) is 2.53. The number of carboxylic acid groups (broad SMARTS) is 1. The van der Waals surface area contributed by atoms with Crippen molar-refractivity contribution >= 4 is 38.8 Å². The average Bonchev–Trinajstić information content (AvgIpc) is 3.12. The van der Waals surface area contributed by atoms with Crippen molar-refractivity contribution in [3.05, 3.63) is 34.0 Å². The summed E-state index contributed by atoms with van der Waals surface area (Å²) < 4.78 is 11.5. The molecule has 1 N–H and O–H groups in total. The maximum atomic E-state index is 12.7. The van der Waals surface area contributed by atoms with Crippen LogP contribution < -0.4 is 0 Å². The lowest BCUT2D eigenvalue weighted by molar-refractivity contribution is -0.151. The lowest BCUT2D eigenvalue weighted by atomic mass is 9.88. The number of amides is 1. The Bertz CT molecular complexity index is 815. The molecule has 1 aliphatic heterocycles. The number of nitrogens with zero attached hydrogens (tertiary/aromatic N) is 1. The number of carbonyl (C=O) groups excluding carboxylic acids is 1. The van der Waals surface area contributed by atoms with Gasteiger partial charge in [0.05, 0.1) is 11.1 Å². The summed E-state index contributed by atoms with van der Waals surface area (Å²) in [6.07, 6.45) is 0.366. The number of carboxylic acids is 1. The highest BCUT2D eigenvalue weighted by atomic mass is 79.9. The van der Waals surface area contributed by atoms with Crippen LogP contribution in [0, 0.1) is 12.3 Å². The fourth-order valence-corrected chi connectivity index (χ4v) is 3.86. The number of fused-ring (bicyclic) bond motifs is 1. The van der Waals surface area contributed by atoms with E-state index in [9.17, 15) is 14.7 Å². The Hall–Kier alpha value is -1.86. The van der Waals surface area contributed by atoms with Gasteiger partial charge < -0.3 is 19.2 Å². The summed E-state index contributed by atoms with van der Waals surface area (Å²) in [7, 11) is 1.47. The van der Waals surface area contributed by atoms with Gasteiger partial charge in [-0.3, -0.25) is 9.59 Å². The lowest BCUT2D eigenvalue weighted by Gasteiger charge is -2.23. The number of hydrogen-bond acceptors (Lipinski definition) is 4. The molecule has 7 heteroatoms. The Morgan fingerprint density at radius 1 is 1.42 bits per heavy atom. The molecule has 1 aromatic heterocycles. The van der Waals surface area contributed by atoms with E-state index in [1.54, 1.807) is 6.07 Å². The molecule has 0 saturated carbocycles. The van der Waals surface area contributed by atoms with Crippen LogP contribution in [0.3, 0.4) is 0 Å². The molecule has 0 radical (unpaired) electrons. The molecule has 3 rings (SSSR count). The Morgan fingerprint density at radius 3 is 2.83 bits per heavy atom. The summed E-state index contributed by atoms with van der Waals surface area (Å²) in [5.74, 6) is -1.02. The van der Waals surface area contributed by atoms with Gasteiger partial charge in [0, 0.05) is 25.6 Å². The zero-order chi connectivity index (χ0) is 17.5. The average molecular weight is 396 g/mol. The summed E-state index contributed by atoms with van der Waals surface area (Å²) in [5.41, 5.74) is 0.623. The van der Waals surface area contributed by atoms with Crippen molar-refractivity contribution < 1.29 is 23.8 Å². The molecule has 1 unspecified atom stereocenters. The molecule has 0 spiro atoms. The lowest BCUT2D eigenvalue weighted by Crippen LogP contribution is -2.40. The molecular weight excluding hydrogens is 378 g/mol. The SMILES string of the molecule is COCC1(C(=O)O)CCN(C(=O)c2cc3cc(C)cc(Br)c3o2)C1. The van der Waals surface area contributed by atoms with Gasteiger partial charge in [0.2, 0.25) is 0 Å². The largest absolute Gasteiger partial charge is 0.481 e. The first kappa shape index (κ1) is 17.0. The van der Waals surface area contributed by atoms with Crippen molar-refractivity contribution in [2.45, 2.75) is 13.3 Å². The Kier molecular flexibility index (Phi) is 4.40. The van der Waals surface area contributed by atoms with Gasteiger partial charge in [-0.1, -0.05) is 0 Å².